The molecule has 0 bridgehead atoms. The molecule has 5 nitrogen and oxygen atoms in total. The lowest BCUT2D eigenvalue weighted by atomic mass is 10.1. The molecule has 1 aliphatic carbocycles. The van der Waals surface area contributed by atoms with Crippen molar-refractivity contribution < 1.29 is 18.7 Å². The van der Waals surface area contributed by atoms with Gasteiger partial charge in [-0.3, -0.25) is 9.69 Å². The van der Waals surface area contributed by atoms with Crippen molar-refractivity contribution in [3.63, 3.8) is 0 Å². The minimum absolute atomic E-state index is 0.0888. The van der Waals surface area contributed by atoms with Gasteiger partial charge in [-0.2, -0.15) is 0 Å². The molecular formula is C23H25FN2O3S. The van der Waals surface area contributed by atoms with Gasteiger partial charge in [0.2, 0.25) is 5.91 Å². The Morgan fingerprint density at radius 1 is 1.13 bits per heavy atom. The van der Waals surface area contributed by atoms with E-state index in [0.29, 0.717) is 18.2 Å². The van der Waals surface area contributed by atoms with Gasteiger partial charge in [0, 0.05) is 29.3 Å². The average molecular weight is 429 g/mol. The van der Waals surface area contributed by atoms with Crippen LogP contribution in [0.5, 0.6) is 0 Å². The van der Waals surface area contributed by atoms with Crippen molar-refractivity contribution in [1.29, 1.82) is 0 Å². The zero-order valence-electron chi connectivity index (χ0n) is 16.8. The fourth-order valence-corrected chi connectivity index (χ4v) is 4.95. The summed E-state index contributed by atoms with van der Waals surface area (Å²) in [6, 6.07) is 13.9. The number of nitrogens with one attached hydrogen (secondary N) is 1. The summed E-state index contributed by atoms with van der Waals surface area (Å²) in [7, 11) is 1.36. The van der Waals surface area contributed by atoms with E-state index in [9.17, 15) is 14.0 Å². The second-order valence-corrected chi connectivity index (χ2v) is 9.22. The second kappa shape index (κ2) is 9.18. The Balaban J connectivity index is 1.45. The van der Waals surface area contributed by atoms with Gasteiger partial charge in [-0.25, -0.2) is 9.18 Å². The van der Waals surface area contributed by atoms with E-state index in [1.807, 2.05) is 12.1 Å². The molecule has 30 heavy (non-hydrogen) atoms. The molecular weight excluding hydrogens is 403 g/mol. The van der Waals surface area contributed by atoms with E-state index in [0.717, 1.165) is 36.3 Å². The minimum atomic E-state index is -0.361. The highest BCUT2D eigenvalue weighted by Gasteiger charge is 2.38. The summed E-state index contributed by atoms with van der Waals surface area (Å²) < 4.78 is 18.0. The zero-order valence-corrected chi connectivity index (χ0v) is 17.7. The maximum atomic E-state index is 13.2. The van der Waals surface area contributed by atoms with Crippen LogP contribution in [0.25, 0.3) is 0 Å². The quantitative estimate of drug-likeness (QED) is 0.683. The number of likely N-dealkylation sites (tertiary alicyclic amines) is 1. The Morgan fingerprint density at radius 2 is 1.83 bits per heavy atom. The number of hydrogen-bond donors (Lipinski definition) is 1. The SMILES string of the molecule is COC(=O)c1ccc(CN2C[C@H](Sc3ccc(F)cc3)C[C@H]2C(=O)NC2CC2)cc1. The number of carbonyl (C=O) groups is 2. The van der Waals surface area contributed by atoms with Crippen LogP contribution in [-0.2, 0) is 16.1 Å². The summed E-state index contributed by atoms with van der Waals surface area (Å²) >= 11 is 1.69. The third-order valence-electron chi connectivity index (χ3n) is 5.47. The maximum Gasteiger partial charge on any atom is 0.337 e. The maximum absolute atomic E-state index is 13.2. The van der Waals surface area contributed by atoms with E-state index in [-0.39, 0.29) is 29.0 Å². The molecule has 1 N–H and O–H groups in total. The Hall–Kier alpha value is -2.38. The average Bonchev–Trinajstić information content (AvgIpc) is 3.48. The topological polar surface area (TPSA) is 58.6 Å². The molecule has 4 rings (SSSR count). The van der Waals surface area contributed by atoms with Crippen LogP contribution in [0.4, 0.5) is 4.39 Å². The smallest absolute Gasteiger partial charge is 0.337 e. The van der Waals surface area contributed by atoms with Crippen LogP contribution in [0, 0.1) is 5.82 Å². The van der Waals surface area contributed by atoms with E-state index >= 15 is 0 Å². The standard InChI is InChI=1S/C23H25FN2O3S/c1-29-23(28)16-4-2-15(3-5-16)13-26-14-20(30-19-10-6-17(24)7-11-19)12-21(26)22(27)25-18-8-9-18/h2-7,10-11,18,20-21H,8-9,12-14H2,1H3,(H,25,27)/t20-,21+/m1/s1. The van der Waals surface area contributed by atoms with Crippen LogP contribution in [0.2, 0.25) is 0 Å². The van der Waals surface area contributed by atoms with Crippen LogP contribution < -0.4 is 5.32 Å². The largest absolute Gasteiger partial charge is 0.465 e. The first-order valence-electron chi connectivity index (χ1n) is 10.2. The summed E-state index contributed by atoms with van der Waals surface area (Å²) in [5.41, 5.74) is 1.55. The number of nitrogens with zero attached hydrogens (tertiary/aromatic N) is 1. The van der Waals surface area contributed by atoms with Gasteiger partial charge in [0.15, 0.2) is 0 Å². The van der Waals surface area contributed by atoms with Gasteiger partial charge >= 0.3 is 5.97 Å². The molecule has 158 valence electrons. The highest BCUT2D eigenvalue weighted by Crippen LogP contribution is 2.34. The lowest BCUT2D eigenvalue weighted by Gasteiger charge is -2.23. The van der Waals surface area contributed by atoms with Gasteiger partial charge in [-0.05, 0) is 61.2 Å². The number of halogens is 1. The molecule has 7 heteroatoms. The molecule has 2 aromatic rings. The van der Waals surface area contributed by atoms with Crippen molar-refractivity contribution in [3.8, 4) is 0 Å². The lowest BCUT2D eigenvalue weighted by molar-refractivity contribution is -0.125. The molecule has 0 spiro atoms. The highest BCUT2D eigenvalue weighted by atomic mass is 32.2. The first kappa shape index (κ1) is 20.9. The molecule has 0 radical (unpaired) electrons. The van der Waals surface area contributed by atoms with Gasteiger partial charge < -0.3 is 10.1 Å². The molecule has 0 aromatic heterocycles. The van der Waals surface area contributed by atoms with Crippen molar-refractivity contribution in [3.05, 3.63) is 65.5 Å². The monoisotopic (exact) mass is 428 g/mol. The summed E-state index contributed by atoms with van der Waals surface area (Å²) in [4.78, 5) is 27.7. The molecule has 2 atom stereocenters. The molecule has 1 saturated carbocycles. The molecule has 1 amide bonds. The minimum Gasteiger partial charge on any atom is -0.465 e. The number of carbonyl (C=O) groups excluding carboxylic acids is 2. The van der Waals surface area contributed by atoms with E-state index in [2.05, 4.69) is 10.2 Å². The van der Waals surface area contributed by atoms with Crippen LogP contribution in [0.3, 0.4) is 0 Å². The van der Waals surface area contributed by atoms with Gasteiger partial charge in [-0.1, -0.05) is 12.1 Å². The van der Waals surface area contributed by atoms with Crippen molar-refractivity contribution in [2.24, 2.45) is 0 Å². The number of ether oxygens (including phenoxy) is 1. The van der Waals surface area contributed by atoms with Crippen molar-refractivity contribution in [1.82, 2.24) is 10.2 Å². The molecule has 2 fully saturated rings. The van der Waals surface area contributed by atoms with E-state index in [1.165, 1.54) is 19.2 Å². The molecule has 2 aliphatic rings. The number of esters is 1. The lowest BCUT2D eigenvalue weighted by Crippen LogP contribution is -2.43. The Labute approximate surface area is 180 Å². The fraction of sp³-hybridized carbons (Fsp3) is 0.391. The van der Waals surface area contributed by atoms with Gasteiger partial charge in [-0.15, -0.1) is 11.8 Å². The summed E-state index contributed by atoms with van der Waals surface area (Å²) in [6.45, 7) is 1.40. The van der Waals surface area contributed by atoms with E-state index in [1.54, 1.807) is 36.0 Å². The van der Waals surface area contributed by atoms with Crippen LogP contribution in [-0.4, -0.2) is 47.8 Å². The Bertz CT molecular complexity index is 900. The van der Waals surface area contributed by atoms with Gasteiger partial charge in [0.05, 0.1) is 18.7 Å². The zero-order chi connectivity index (χ0) is 21.1. The normalized spacial score (nSPS) is 21.4. The molecule has 0 unspecified atom stereocenters. The summed E-state index contributed by atoms with van der Waals surface area (Å²) in [5.74, 6) is -0.518. The van der Waals surface area contributed by atoms with Crippen LogP contribution in [0.15, 0.2) is 53.4 Å². The Kier molecular flexibility index (Phi) is 6.39. The van der Waals surface area contributed by atoms with Crippen molar-refractivity contribution in [2.75, 3.05) is 13.7 Å². The number of rotatable bonds is 7. The van der Waals surface area contributed by atoms with Gasteiger partial charge in [0.1, 0.15) is 5.82 Å². The first-order chi connectivity index (χ1) is 14.5. The third-order valence-corrected chi connectivity index (χ3v) is 6.69. The number of hydrogen-bond acceptors (Lipinski definition) is 5. The highest BCUT2D eigenvalue weighted by molar-refractivity contribution is 8.00. The predicted molar refractivity (Wildman–Crippen MR) is 114 cm³/mol. The summed E-state index contributed by atoms with van der Waals surface area (Å²) in [5, 5.41) is 3.38. The van der Waals surface area contributed by atoms with Gasteiger partial charge in [0.25, 0.3) is 0 Å². The second-order valence-electron chi connectivity index (χ2n) is 7.85. The van der Waals surface area contributed by atoms with E-state index < -0.39 is 0 Å². The van der Waals surface area contributed by atoms with Crippen molar-refractivity contribution in [2.45, 2.75) is 48.0 Å². The number of methoxy groups -OCH3 is 1. The fourth-order valence-electron chi connectivity index (χ4n) is 3.72. The number of amides is 1. The molecule has 1 heterocycles. The van der Waals surface area contributed by atoms with Crippen LogP contribution >= 0.6 is 11.8 Å². The van der Waals surface area contributed by atoms with Crippen LogP contribution in [0.1, 0.15) is 35.2 Å². The number of thioether (sulfide) groups is 1. The molecule has 2 aromatic carbocycles. The first-order valence-corrected chi connectivity index (χ1v) is 11.0. The molecule has 1 aliphatic heterocycles. The summed E-state index contributed by atoms with van der Waals surface area (Å²) in [6.07, 6.45) is 2.86. The predicted octanol–water partition coefficient (Wildman–Crippen LogP) is 3.63. The van der Waals surface area contributed by atoms with Crippen molar-refractivity contribution >= 4 is 23.6 Å². The van der Waals surface area contributed by atoms with E-state index in [4.69, 9.17) is 4.74 Å². The molecule has 1 saturated heterocycles. The third kappa shape index (κ3) is 5.21. The Morgan fingerprint density at radius 3 is 2.47 bits per heavy atom. The number of benzene rings is 2.